The van der Waals surface area contributed by atoms with E-state index < -0.39 is 11.4 Å². The van der Waals surface area contributed by atoms with Gasteiger partial charge in [0.15, 0.2) is 0 Å². The van der Waals surface area contributed by atoms with E-state index in [1.165, 1.54) is 23.5 Å². The molecule has 0 radical (unpaired) electrons. The van der Waals surface area contributed by atoms with Crippen molar-refractivity contribution >= 4 is 23.2 Å². The highest BCUT2D eigenvalue weighted by Crippen LogP contribution is 2.36. The maximum absolute atomic E-state index is 13.0. The van der Waals surface area contributed by atoms with Gasteiger partial charge in [-0.3, -0.25) is 9.59 Å². The zero-order chi connectivity index (χ0) is 19.3. The minimum Gasteiger partial charge on any atom is -0.481 e. The van der Waals surface area contributed by atoms with Gasteiger partial charge in [0.05, 0.1) is 22.5 Å². The van der Waals surface area contributed by atoms with Crippen molar-refractivity contribution in [1.82, 2.24) is 10.3 Å². The van der Waals surface area contributed by atoms with Crippen LogP contribution in [0.15, 0.2) is 29.6 Å². The van der Waals surface area contributed by atoms with Gasteiger partial charge in [-0.05, 0) is 30.5 Å². The lowest BCUT2D eigenvalue weighted by molar-refractivity contribution is -0.151. The quantitative estimate of drug-likeness (QED) is 0.758. The van der Waals surface area contributed by atoms with E-state index in [1.54, 1.807) is 12.1 Å². The second-order valence-corrected chi connectivity index (χ2v) is 8.08. The molecule has 0 bridgehead atoms. The van der Waals surface area contributed by atoms with Crippen molar-refractivity contribution in [2.24, 2.45) is 5.41 Å². The minimum atomic E-state index is -0.830. The number of rotatable bonds is 7. The van der Waals surface area contributed by atoms with Gasteiger partial charge in [-0.2, -0.15) is 0 Å². The molecule has 1 saturated carbocycles. The van der Waals surface area contributed by atoms with Crippen LogP contribution in [0.2, 0.25) is 0 Å². The van der Waals surface area contributed by atoms with Crippen molar-refractivity contribution in [1.29, 1.82) is 0 Å². The summed E-state index contributed by atoms with van der Waals surface area (Å²) in [6.45, 7) is 0.174. The normalized spacial score (nSPS) is 16.0. The number of carbonyl (C=O) groups excluding carboxylic acids is 1. The maximum Gasteiger partial charge on any atom is 0.311 e. The Balaban J connectivity index is 1.53. The number of nitrogens with zero attached hydrogens (tertiary/aromatic N) is 1. The number of carboxylic acid groups (broad SMARTS) is 1. The average molecular weight is 390 g/mol. The summed E-state index contributed by atoms with van der Waals surface area (Å²) in [5, 5.41) is 15.1. The van der Waals surface area contributed by atoms with Crippen molar-refractivity contribution < 1.29 is 19.1 Å². The first-order valence-electron chi connectivity index (χ1n) is 9.15. The fourth-order valence-electron chi connectivity index (χ4n) is 3.48. The molecular weight excluding hydrogens is 367 g/mol. The largest absolute Gasteiger partial charge is 0.481 e. The lowest BCUT2D eigenvalue weighted by Crippen LogP contribution is -2.44. The number of hydrogen-bond acceptors (Lipinski definition) is 4. The van der Waals surface area contributed by atoms with Gasteiger partial charge in [0.2, 0.25) is 5.91 Å². The first-order valence-corrected chi connectivity index (χ1v) is 10.0. The maximum atomic E-state index is 13.0. The molecule has 2 N–H and O–H groups in total. The standard InChI is InChI=1S/C20H23FN2O3S/c21-15-6-4-14(5-7-15)10-18-23-16(12-27-18)11-17(24)22-13-20(19(25)26)8-2-1-3-9-20/h4-7,12H,1-3,8-11,13H2,(H,22,24)(H,25,26). The molecule has 1 aliphatic rings. The molecule has 1 aromatic carbocycles. The summed E-state index contributed by atoms with van der Waals surface area (Å²) in [6, 6.07) is 6.28. The van der Waals surface area contributed by atoms with Crippen molar-refractivity contribution in [3.8, 4) is 0 Å². The van der Waals surface area contributed by atoms with Gasteiger partial charge in [0, 0.05) is 18.3 Å². The molecule has 0 spiro atoms. The van der Waals surface area contributed by atoms with Gasteiger partial charge in [-0.15, -0.1) is 11.3 Å². The Kier molecular flexibility index (Phi) is 6.21. The molecule has 0 atom stereocenters. The zero-order valence-electron chi connectivity index (χ0n) is 15.0. The summed E-state index contributed by atoms with van der Waals surface area (Å²) in [4.78, 5) is 28.4. The molecule has 2 aromatic rings. The van der Waals surface area contributed by atoms with Gasteiger partial charge >= 0.3 is 5.97 Å². The van der Waals surface area contributed by atoms with Crippen LogP contribution in [-0.2, 0) is 22.4 Å². The second kappa shape index (κ2) is 8.61. The van der Waals surface area contributed by atoms with Gasteiger partial charge in [0.1, 0.15) is 5.82 Å². The van der Waals surface area contributed by atoms with Crippen molar-refractivity contribution in [3.63, 3.8) is 0 Å². The lowest BCUT2D eigenvalue weighted by Gasteiger charge is -2.33. The van der Waals surface area contributed by atoms with Crippen LogP contribution in [-0.4, -0.2) is 28.5 Å². The molecule has 1 amide bonds. The van der Waals surface area contributed by atoms with Crippen LogP contribution >= 0.6 is 11.3 Å². The van der Waals surface area contributed by atoms with Crippen LogP contribution in [0.4, 0.5) is 4.39 Å². The number of aliphatic carboxylic acids is 1. The number of aromatic nitrogens is 1. The number of amides is 1. The van der Waals surface area contributed by atoms with Gasteiger partial charge in [-0.1, -0.05) is 31.4 Å². The molecule has 7 heteroatoms. The summed E-state index contributed by atoms with van der Waals surface area (Å²) in [5.74, 6) is -1.30. The van der Waals surface area contributed by atoms with E-state index in [2.05, 4.69) is 10.3 Å². The van der Waals surface area contributed by atoms with E-state index in [-0.39, 0.29) is 24.7 Å². The Labute approximate surface area is 161 Å². The first kappa shape index (κ1) is 19.5. The number of carboxylic acids is 1. The monoisotopic (exact) mass is 390 g/mol. The van der Waals surface area contributed by atoms with Crippen molar-refractivity contribution in [2.45, 2.75) is 44.9 Å². The van der Waals surface area contributed by atoms with Crippen LogP contribution in [0.1, 0.15) is 48.4 Å². The predicted molar refractivity (Wildman–Crippen MR) is 101 cm³/mol. The molecule has 3 rings (SSSR count). The molecule has 1 aromatic heterocycles. The molecule has 1 aliphatic carbocycles. The smallest absolute Gasteiger partial charge is 0.311 e. The number of benzene rings is 1. The average Bonchev–Trinajstić information content (AvgIpc) is 3.09. The zero-order valence-corrected chi connectivity index (χ0v) is 15.9. The topological polar surface area (TPSA) is 79.3 Å². The summed E-state index contributed by atoms with van der Waals surface area (Å²) in [7, 11) is 0. The highest BCUT2D eigenvalue weighted by molar-refractivity contribution is 7.09. The lowest BCUT2D eigenvalue weighted by atomic mass is 9.74. The van der Waals surface area contributed by atoms with E-state index in [1.807, 2.05) is 5.38 Å². The molecule has 1 heterocycles. The Bertz CT molecular complexity index is 798. The Morgan fingerprint density at radius 3 is 2.56 bits per heavy atom. The van der Waals surface area contributed by atoms with Crippen molar-refractivity contribution in [3.05, 3.63) is 51.7 Å². The third kappa shape index (κ3) is 5.13. The van der Waals surface area contributed by atoms with Crippen molar-refractivity contribution in [2.75, 3.05) is 6.54 Å². The molecule has 144 valence electrons. The number of nitrogens with one attached hydrogen (secondary N) is 1. The highest BCUT2D eigenvalue weighted by Gasteiger charge is 2.39. The van der Waals surface area contributed by atoms with Crippen LogP contribution in [0, 0.1) is 11.2 Å². The van der Waals surface area contributed by atoms with E-state index in [0.29, 0.717) is 25.0 Å². The summed E-state index contributed by atoms with van der Waals surface area (Å²) >= 11 is 1.46. The van der Waals surface area contributed by atoms with E-state index in [0.717, 1.165) is 29.8 Å². The van der Waals surface area contributed by atoms with E-state index in [4.69, 9.17) is 0 Å². The predicted octanol–water partition coefficient (Wildman–Crippen LogP) is 3.57. The number of hydrogen-bond donors (Lipinski definition) is 2. The number of halogens is 1. The molecule has 0 unspecified atom stereocenters. The number of thiazole rings is 1. The fourth-order valence-corrected chi connectivity index (χ4v) is 4.31. The highest BCUT2D eigenvalue weighted by atomic mass is 32.1. The van der Waals surface area contributed by atoms with Crippen LogP contribution in [0.25, 0.3) is 0 Å². The Morgan fingerprint density at radius 2 is 1.89 bits per heavy atom. The molecule has 0 saturated heterocycles. The van der Waals surface area contributed by atoms with Crippen LogP contribution in [0.3, 0.4) is 0 Å². The Hall–Kier alpha value is -2.28. The molecule has 5 nitrogen and oxygen atoms in total. The third-order valence-electron chi connectivity index (χ3n) is 5.10. The first-order chi connectivity index (χ1) is 13.0. The molecule has 0 aliphatic heterocycles. The van der Waals surface area contributed by atoms with Gasteiger partial charge < -0.3 is 10.4 Å². The van der Waals surface area contributed by atoms with E-state index >= 15 is 0 Å². The summed E-state index contributed by atoms with van der Waals surface area (Å²) < 4.78 is 13.0. The second-order valence-electron chi connectivity index (χ2n) is 7.14. The van der Waals surface area contributed by atoms with Crippen LogP contribution < -0.4 is 5.32 Å². The summed E-state index contributed by atoms with van der Waals surface area (Å²) in [6.07, 6.45) is 4.78. The molecule has 1 fully saturated rings. The molecular formula is C20H23FN2O3S. The fraction of sp³-hybridized carbons (Fsp3) is 0.450. The third-order valence-corrected chi connectivity index (χ3v) is 6.00. The summed E-state index contributed by atoms with van der Waals surface area (Å²) in [5.41, 5.74) is 0.800. The SMILES string of the molecule is O=C(Cc1csc(Cc2ccc(F)cc2)n1)NCC1(C(=O)O)CCCCC1. The van der Waals surface area contributed by atoms with Gasteiger partial charge in [-0.25, -0.2) is 9.37 Å². The number of carbonyl (C=O) groups is 2. The van der Waals surface area contributed by atoms with E-state index in [9.17, 15) is 19.1 Å². The van der Waals surface area contributed by atoms with Gasteiger partial charge in [0.25, 0.3) is 0 Å². The Morgan fingerprint density at radius 1 is 1.19 bits per heavy atom. The minimum absolute atomic E-state index is 0.135. The molecule has 27 heavy (non-hydrogen) atoms. The van der Waals surface area contributed by atoms with Crippen LogP contribution in [0.5, 0.6) is 0 Å².